The smallest absolute Gasteiger partial charge is 0.290 e. The minimum Gasteiger partial charge on any atom is -0.290 e. The standard InChI is InChI=1S/C14H17N3O/c1-4-6-7-8-17-12-10(3)11(5-2)9-15-13(12)16-14(17)18/h2,9H,4,6-8H2,1,3H3,(H,15,16,18). The second-order valence-corrected chi connectivity index (χ2v) is 4.43. The first-order valence-electron chi connectivity index (χ1n) is 6.23. The van der Waals surface area contributed by atoms with E-state index >= 15 is 0 Å². The first-order valence-corrected chi connectivity index (χ1v) is 6.23. The lowest BCUT2D eigenvalue weighted by Crippen LogP contribution is -2.17. The number of terminal acetylenes is 1. The number of rotatable bonds is 4. The number of hydrogen-bond acceptors (Lipinski definition) is 2. The summed E-state index contributed by atoms with van der Waals surface area (Å²) >= 11 is 0. The van der Waals surface area contributed by atoms with Crippen molar-refractivity contribution in [2.45, 2.75) is 39.7 Å². The van der Waals surface area contributed by atoms with E-state index in [1.807, 2.05) is 6.92 Å². The molecule has 0 fully saturated rings. The third-order valence-corrected chi connectivity index (χ3v) is 3.19. The molecule has 2 heterocycles. The number of hydrogen-bond donors (Lipinski definition) is 1. The Balaban J connectivity index is 2.54. The molecule has 0 saturated carbocycles. The highest BCUT2D eigenvalue weighted by atomic mass is 16.1. The third kappa shape index (κ3) is 2.04. The molecular formula is C14H17N3O. The van der Waals surface area contributed by atoms with Gasteiger partial charge in [0.2, 0.25) is 0 Å². The van der Waals surface area contributed by atoms with Crippen molar-refractivity contribution in [1.29, 1.82) is 0 Å². The molecule has 94 valence electrons. The van der Waals surface area contributed by atoms with E-state index in [0.29, 0.717) is 12.2 Å². The number of fused-ring (bicyclic) bond motifs is 1. The van der Waals surface area contributed by atoms with Crippen molar-refractivity contribution in [3.63, 3.8) is 0 Å². The Bertz CT molecular complexity index is 658. The molecule has 2 aromatic heterocycles. The van der Waals surface area contributed by atoms with Gasteiger partial charge in [-0.15, -0.1) is 6.42 Å². The normalized spacial score (nSPS) is 10.7. The summed E-state index contributed by atoms with van der Waals surface area (Å²) in [7, 11) is 0. The molecular weight excluding hydrogens is 226 g/mol. The number of pyridine rings is 1. The van der Waals surface area contributed by atoms with Gasteiger partial charge in [0.15, 0.2) is 5.65 Å². The van der Waals surface area contributed by atoms with Crippen LogP contribution in [0.25, 0.3) is 11.2 Å². The molecule has 2 aromatic rings. The molecule has 0 radical (unpaired) electrons. The molecule has 0 unspecified atom stereocenters. The summed E-state index contributed by atoms with van der Waals surface area (Å²) in [5, 5.41) is 0. The first kappa shape index (κ1) is 12.4. The lowest BCUT2D eigenvalue weighted by Gasteiger charge is -2.05. The maximum absolute atomic E-state index is 11.9. The number of aromatic nitrogens is 3. The van der Waals surface area contributed by atoms with Crippen molar-refractivity contribution in [2.24, 2.45) is 0 Å². The molecule has 0 aromatic carbocycles. The molecule has 0 aliphatic rings. The van der Waals surface area contributed by atoms with Gasteiger partial charge in [0, 0.05) is 18.3 Å². The van der Waals surface area contributed by atoms with Gasteiger partial charge in [0.1, 0.15) is 0 Å². The molecule has 0 spiro atoms. The highest BCUT2D eigenvalue weighted by Gasteiger charge is 2.12. The zero-order valence-electron chi connectivity index (χ0n) is 10.8. The van der Waals surface area contributed by atoms with E-state index in [9.17, 15) is 4.79 Å². The van der Waals surface area contributed by atoms with E-state index in [1.165, 1.54) is 0 Å². The van der Waals surface area contributed by atoms with E-state index in [2.05, 4.69) is 22.8 Å². The van der Waals surface area contributed by atoms with Crippen molar-refractivity contribution in [1.82, 2.24) is 14.5 Å². The van der Waals surface area contributed by atoms with Crippen LogP contribution in [-0.2, 0) is 6.54 Å². The second kappa shape index (κ2) is 5.09. The van der Waals surface area contributed by atoms with Crippen molar-refractivity contribution >= 4 is 11.2 Å². The molecule has 0 aliphatic heterocycles. The lowest BCUT2D eigenvalue weighted by molar-refractivity contribution is 0.600. The summed E-state index contributed by atoms with van der Waals surface area (Å²) < 4.78 is 1.74. The number of aryl methyl sites for hydroxylation is 2. The van der Waals surface area contributed by atoms with Crippen LogP contribution in [0.4, 0.5) is 0 Å². The second-order valence-electron chi connectivity index (χ2n) is 4.43. The van der Waals surface area contributed by atoms with Gasteiger partial charge in [-0.1, -0.05) is 25.7 Å². The Labute approximate surface area is 106 Å². The Kier molecular flexibility index (Phi) is 3.52. The maximum Gasteiger partial charge on any atom is 0.327 e. The summed E-state index contributed by atoms with van der Waals surface area (Å²) in [6.07, 6.45) is 10.3. The van der Waals surface area contributed by atoms with Crippen LogP contribution >= 0.6 is 0 Å². The number of H-pyrrole nitrogens is 1. The molecule has 4 heteroatoms. The van der Waals surface area contributed by atoms with Gasteiger partial charge in [-0.2, -0.15) is 0 Å². The van der Waals surface area contributed by atoms with Crippen molar-refractivity contribution in [2.75, 3.05) is 0 Å². The van der Waals surface area contributed by atoms with Crippen LogP contribution < -0.4 is 5.69 Å². The molecule has 2 rings (SSSR count). The van der Waals surface area contributed by atoms with Crippen LogP contribution in [0.2, 0.25) is 0 Å². The number of nitrogens with one attached hydrogen (secondary N) is 1. The van der Waals surface area contributed by atoms with Crippen LogP contribution in [0.5, 0.6) is 0 Å². The van der Waals surface area contributed by atoms with E-state index < -0.39 is 0 Å². The fourth-order valence-electron chi connectivity index (χ4n) is 2.16. The monoisotopic (exact) mass is 243 g/mol. The van der Waals surface area contributed by atoms with Gasteiger partial charge in [-0.05, 0) is 18.9 Å². The van der Waals surface area contributed by atoms with Crippen LogP contribution in [0.1, 0.15) is 37.3 Å². The fourth-order valence-corrected chi connectivity index (χ4v) is 2.16. The predicted octanol–water partition coefficient (Wildman–Crippen LogP) is 2.20. The molecule has 0 saturated heterocycles. The van der Waals surface area contributed by atoms with Crippen LogP contribution in [0.3, 0.4) is 0 Å². The van der Waals surface area contributed by atoms with Gasteiger partial charge in [0.25, 0.3) is 0 Å². The summed E-state index contributed by atoms with van der Waals surface area (Å²) in [4.78, 5) is 18.9. The van der Waals surface area contributed by atoms with Gasteiger partial charge in [-0.25, -0.2) is 9.78 Å². The Hall–Kier alpha value is -2.02. The number of imidazole rings is 1. The molecule has 0 amide bonds. The highest BCUT2D eigenvalue weighted by Crippen LogP contribution is 2.17. The fraction of sp³-hybridized carbons (Fsp3) is 0.429. The average molecular weight is 243 g/mol. The van der Waals surface area contributed by atoms with E-state index in [4.69, 9.17) is 6.42 Å². The molecule has 0 aliphatic carbocycles. The summed E-state index contributed by atoms with van der Waals surface area (Å²) in [5.41, 5.74) is 3.04. The van der Waals surface area contributed by atoms with Gasteiger partial charge in [0.05, 0.1) is 5.52 Å². The van der Waals surface area contributed by atoms with Crippen LogP contribution in [-0.4, -0.2) is 14.5 Å². The number of unbranched alkanes of at least 4 members (excludes halogenated alkanes) is 2. The zero-order chi connectivity index (χ0) is 13.1. The summed E-state index contributed by atoms with van der Waals surface area (Å²) in [6.45, 7) is 4.78. The first-order chi connectivity index (χ1) is 8.69. The quantitative estimate of drug-likeness (QED) is 0.661. The minimum absolute atomic E-state index is 0.106. The van der Waals surface area contributed by atoms with Crippen LogP contribution in [0, 0.1) is 19.3 Å². The van der Waals surface area contributed by atoms with Crippen LogP contribution in [0.15, 0.2) is 11.0 Å². The Morgan fingerprint density at radius 3 is 2.94 bits per heavy atom. The molecule has 18 heavy (non-hydrogen) atoms. The zero-order valence-corrected chi connectivity index (χ0v) is 10.8. The largest absolute Gasteiger partial charge is 0.327 e. The van der Waals surface area contributed by atoms with E-state index in [1.54, 1.807) is 10.8 Å². The van der Waals surface area contributed by atoms with Crippen molar-refractivity contribution in [3.8, 4) is 12.3 Å². The maximum atomic E-state index is 11.9. The number of nitrogens with zero attached hydrogens (tertiary/aromatic N) is 2. The van der Waals surface area contributed by atoms with Gasteiger partial charge < -0.3 is 0 Å². The summed E-state index contributed by atoms with van der Waals surface area (Å²) in [5.74, 6) is 2.60. The SMILES string of the molecule is C#Cc1cnc2[nH]c(=O)n(CCCCC)c2c1C. The predicted molar refractivity (Wildman–Crippen MR) is 72.6 cm³/mol. The summed E-state index contributed by atoms with van der Waals surface area (Å²) in [6, 6.07) is 0. The lowest BCUT2D eigenvalue weighted by atomic mass is 10.1. The minimum atomic E-state index is -0.106. The van der Waals surface area contributed by atoms with Crippen molar-refractivity contribution in [3.05, 3.63) is 27.8 Å². The topological polar surface area (TPSA) is 50.7 Å². The highest BCUT2D eigenvalue weighted by molar-refractivity contribution is 5.77. The average Bonchev–Trinajstić information content (AvgIpc) is 2.68. The third-order valence-electron chi connectivity index (χ3n) is 3.19. The molecule has 0 bridgehead atoms. The van der Waals surface area contributed by atoms with E-state index in [-0.39, 0.29) is 5.69 Å². The Morgan fingerprint density at radius 2 is 2.28 bits per heavy atom. The van der Waals surface area contributed by atoms with Crippen molar-refractivity contribution < 1.29 is 0 Å². The molecule has 4 nitrogen and oxygen atoms in total. The van der Waals surface area contributed by atoms with Gasteiger partial charge >= 0.3 is 5.69 Å². The number of aromatic amines is 1. The molecule has 1 N–H and O–H groups in total. The van der Waals surface area contributed by atoms with Gasteiger partial charge in [-0.3, -0.25) is 9.55 Å². The Morgan fingerprint density at radius 1 is 1.50 bits per heavy atom. The molecule has 0 atom stereocenters. The van der Waals surface area contributed by atoms with E-state index in [0.717, 1.165) is 35.9 Å².